The molecule has 1 aromatic carbocycles. The Morgan fingerprint density at radius 3 is 2.70 bits per heavy atom. The van der Waals surface area contributed by atoms with Crippen molar-refractivity contribution in [1.82, 2.24) is 15.0 Å². The van der Waals surface area contributed by atoms with Gasteiger partial charge < -0.3 is 0 Å². The first-order valence-corrected chi connectivity index (χ1v) is 6.47. The Kier molecular flexibility index (Phi) is 2.42. The topological polar surface area (TPSA) is 38.7 Å². The van der Waals surface area contributed by atoms with Crippen molar-refractivity contribution in [3.63, 3.8) is 0 Å². The third-order valence-electron chi connectivity index (χ3n) is 3.42. The fraction of sp³-hybridized carbons (Fsp3) is 0. The van der Waals surface area contributed by atoms with Crippen molar-refractivity contribution in [3.05, 3.63) is 67.1 Å². The molecule has 3 heterocycles. The lowest BCUT2D eigenvalue weighted by molar-refractivity contribution is 1.29. The smallest absolute Gasteiger partial charge is 0.159 e. The fourth-order valence-electron chi connectivity index (χ4n) is 2.45. The standard InChI is InChI=1S/C17H11N3/c1-3-13-11-18-10-8-14(13)15(5-1)16-7-6-12-4-2-9-19-17(12)20-16/h1-11H. The molecule has 3 heteroatoms. The molecule has 3 nitrogen and oxygen atoms in total. The average molecular weight is 257 g/mol. The summed E-state index contributed by atoms with van der Waals surface area (Å²) in [7, 11) is 0. The maximum Gasteiger partial charge on any atom is 0.159 e. The molecule has 0 aliphatic heterocycles. The molecule has 0 unspecified atom stereocenters. The molecule has 0 fully saturated rings. The zero-order valence-corrected chi connectivity index (χ0v) is 10.7. The van der Waals surface area contributed by atoms with Gasteiger partial charge in [0.1, 0.15) is 0 Å². The molecule has 4 aromatic rings. The third kappa shape index (κ3) is 1.72. The zero-order chi connectivity index (χ0) is 13.4. The maximum absolute atomic E-state index is 4.66. The van der Waals surface area contributed by atoms with E-state index in [9.17, 15) is 0 Å². The highest BCUT2D eigenvalue weighted by atomic mass is 14.8. The van der Waals surface area contributed by atoms with Crippen LogP contribution in [-0.4, -0.2) is 15.0 Å². The minimum absolute atomic E-state index is 0.774. The van der Waals surface area contributed by atoms with Gasteiger partial charge in [-0.15, -0.1) is 0 Å². The molecule has 0 N–H and O–H groups in total. The summed E-state index contributed by atoms with van der Waals surface area (Å²) in [5.41, 5.74) is 2.82. The van der Waals surface area contributed by atoms with Crippen LogP contribution in [0.25, 0.3) is 33.1 Å². The summed E-state index contributed by atoms with van der Waals surface area (Å²) >= 11 is 0. The molecule has 0 saturated carbocycles. The molecule has 0 saturated heterocycles. The Bertz CT molecular complexity index is 910. The van der Waals surface area contributed by atoms with Crippen molar-refractivity contribution < 1.29 is 0 Å². The van der Waals surface area contributed by atoms with Crippen LogP contribution in [-0.2, 0) is 0 Å². The number of benzene rings is 1. The van der Waals surface area contributed by atoms with Gasteiger partial charge in [-0.2, -0.15) is 0 Å². The summed E-state index contributed by atoms with van der Waals surface area (Å²) in [6.45, 7) is 0. The summed E-state index contributed by atoms with van der Waals surface area (Å²) in [6.07, 6.45) is 5.45. The first-order valence-electron chi connectivity index (χ1n) is 6.47. The van der Waals surface area contributed by atoms with Crippen molar-refractivity contribution >= 4 is 21.8 Å². The molecule has 0 radical (unpaired) electrons. The van der Waals surface area contributed by atoms with Crippen LogP contribution in [0.15, 0.2) is 67.1 Å². The second kappa shape index (κ2) is 4.38. The normalized spacial score (nSPS) is 11.0. The first-order chi connectivity index (χ1) is 9.92. The van der Waals surface area contributed by atoms with Crippen LogP contribution in [0.3, 0.4) is 0 Å². The van der Waals surface area contributed by atoms with Crippen LogP contribution in [0.5, 0.6) is 0 Å². The quantitative estimate of drug-likeness (QED) is 0.520. The molecule has 4 rings (SSSR count). The molecular weight excluding hydrogens is 246 g/mol. The molecule has 0 bridgehead atoms. The van der Waals surface area contributed by atoms with E-state index in [0.29, 0.717) is 0 Å². The molecule has 3 aromatic heterocycles. The monoisotopic (exact) mass is 257 g/mol. The maximum atomic E-state index is 4.66. The third-order valence-corrected chi connectivity index (χ3v) is 3.42. The van der Waals surface area contributed by atoms with Crippen LogP contribution in [0, 0.1) is 0 Å². The van der Waals surface area contributed by atoms with E-state index in [1.165, 1.54) is 0 Å². The van der Waals surface area contributed by atoms with E-state index >= 15 is 0 Å². The Morgan fingerprint density at radius 1 is 0.750 bits per heavy atom. The average Bonchev–Trinajstić information content (AvgIpc) is 2.54. The first kappa shape index (κ1) is 11.1. The van der Waals surface area contributed by atoms with Crippen molar-refractivity contribution in [1.29, 1.82) is 0 Å². The van der Waals surface area contributed by atoms with Crippen LogP contribution < -0.4 is 0 Å². The van der Waals surface area contributed by atoms with Crippen LogP contribution in [0.2, 0.25) is 0 Å². The Hall–Kier alpha value is -2.81. The lowest BCUT2D eigenvalue weighted by atomic mass is 10.0. The van der Waals surface area contributed by atoms with Gasteiger partial charge in [0.05, 0.1) is 5.69 Å². The second-order valence-electron chi connectivity index (χ2n) is 4.65. The van der Waals surface area contributed by atoms with Gasteiger partial charge in [0.15, 0.2) is 5.65 Å². The largest absolute Gasteiger partial charge is 0.264 e. The van der Waals surface area contributed by atoms with E-state index in [0.717, 1.165) is 33.1 Å². The predicted octanol–water partition coefficient (Wildman–Crippen LogP) is 3.85. The molecule has 94 valence electrons. The van der Waals surface area contributed by atoms with E-state index in [-0.39, 0.29) is 0 Å². The molecule has 0 aliphatic carbocycles. The fourth-order valence-corrected chi connectivity index (χ4v) is 2.45. The van der Waals surface area contributed by atoms with Gasteiger partial charge in [-0.05, 0) is 35.7 Å². The van der Waals surface area contributed by atoms with Gasteiger partial charge in [-0.25, -0.2) is 9.97 Å². The number of pyridine rings is 3. The molecule has 20 heavy (non-hydrogen) atoms. The molecule has 0 spiro atoms. The molecule has 0 amide bonds. The Labute approximate surface area is 116 Å². The summed E-state index contributed by atoms with van der Waals surface area (Å²) < 4.78 is 0. The van der Waals surface area contributed by atoms with Crippen molar-refractivity contribution in [2.45, 2.75) is 0 Å². The highest BCUT2D eigenvalue weighted by Crippen LogP contribution is 2.27. The lowest BCUT2D eigenvalue weighted by Gasteiger charge is -2.06. The predicted molar refractivity (Wildman–Crippen MR) is 80.3 cm³/mol. The number of rotatable bonds is 1. The van der Waals surface area contributed by atoms with Crippen molar-refractivity contribution in [2.24, 2.45) is 0 Å². The minimum atomic E-state index is 0.774. The van der Waals surface area contributed by atoms with E-state index in [1.807, 2.05) is 42.7 Å². The highest BCUT2D eigenvalue weighted by molar-refractivity contribution is 5.96. The van der Waals surface area contributed by atoms with E-state index in [4.69, 9.17) is 0 Å². The zero-order valence-electron chi connectivity index (χ0n) is 10.7. The summed E-state index contributed by atoms with van der Waals surface area (Å²) in [6, 6.07) is 16.2. The van der Waals surface area contributed by atoms with Gasteiger partial charge >= 0.3 is 0 Å². The summed E-state index contributed by atoms with van der Waals surface area (Å²) in [5.74, 6) is 0. The Balaban J connectivity index is 2.01. The molecule has 0 atom stereocenters. The highest BCUT2D eigenvalue weighted by Gasteiger charge is 2.06. The van der Waals surface area contributed by atoms with E-state index in [1.54, 1.807) is 6.20 Å². The van der Waals surface area contributed by atoms with Gasteiger partial charge in [0, 0.05) is 34.9 Å². The summed E-state index contributed by atoms with van der Waals surface area (Å²) in [5, 5.41) is 3.33. The number of aromatic nitrogens is 3. The van der Waals surface area contributed by atoms with Crippen LogP contribution >= 0.6 is 0 Å². The summed E-state index contributed by atoms with van der Waals surface area (Å²) in [4.78, 5) is 13.2. The van der Waals surface area contributed by atoms with Crippen molar-refractivity contribution in [3.8, 4) is 11.3 Å². The number of hydrogen-bond donors (Lipinski definition) is 0. The minimum Gasteiger partial charge on any atom is -0.264 e. The second-order valence-corrected chi connectivity index (χ2v) is 4.65. The van der Waals surface area contributed by atoms with Crippen molar-refractivity contribution in [2.75, 3.05) is 0 Å². The van der Waals surface area contributed by atoms with E-state index < -0.39 is 0 Å². The van der Waals surface area contributed by atoms with E-state index in [2.05, 4.69) is 33.2 Å². The number of fused-ring (bicyclic) bond motifs is 2. The molecular formula is C17H11N3. The van der Waals surface area contributed by atoms with Gasteiger partial charge in [0.2, 0.25) is 0 Å². The lowest BCUT2D eigenvalue weighted by Crippen LogP contribution is -1.89. The van der Waals surface area contributed by atoms with Gasteiger partial charge in [-0.3, -0.25) is 4.98 Å². The van der Waals surface area contributed by atoms with Crippen LogP contribution in [0.1, 0.15) is 0 Å². The number of hydrogen-bond acceptors (Lipinski definition) is 3. The van der Waals surface area contributed by atoms with Crippen LogP contribution in [0.4, 0.5) is 0 Å². The number of nitrogens with zero attached hydrogens (tertiary/aromatic N) is 3. The van der Waals surface area contributed by atoms with Gasteiger partial charge in [-0.1, -0.05) is 18.2 Å². The van der Waals surface area contributed by atoms with Gasteiger partial charge in [0.25, 0.3) is 0 Å². The SMILES string of the molecule is c1cnc2nc(-c3cccc4cnccc34)ccc2c1. The Morgan fingerprint density at radius 2 is 1.70 bits per heavy atom. The molecule has 0 aliphatic rings.